The Kier molecular flexibility index (Phi) is 10.4. The Morgan fingerprint density at radius 2 is 0.492 bits per heavy atom. The van der Waals surface area contributed by atoms with E-state index in [2.05, 4.69) is 266 Å². The first-order chi connectivity index (χ1) is 30.3. The molecule has 10 aromatic carbocycles. The Bertz CT molecular complexity index is 2950. The van der Waals surface area contributed by atoms with Gasteiger partial charge in [0, 0.05) is 17.1 Å². The molecule has 0 aliphatic carbocycles. The number of anilines is 3. The summed E-state index contributed by atoms with van der Waals surface area (Å²) in [5.41, 5.74) is 20.1. The Balaban J connectivity index is 1.07. The van der Waals surface area contributed by atoms with E-state index in [9.17, 15) is 0 Å². The first-order valence-corrected chi connectivity index (χ1v) is 20.9. The van der Waals surface area contributed by atoms with Crippen LogP contribution in [0.2, 0.25) is 0 Å². The van der Waals surface area contributed by atoms with Gasteiger partial charge < -0.3 is 4.90 Å². The molecule has 0 aliphatic rings. The molecule has 0 amide bonds. The summed E-state index contributed by atoms with van der Waals surface area (Å²) in [4.78, 5) is 2.36. The van der Waals surface area contributed by atoms with Crippen LogP contribution in [0.4, 0.5) is 17.1 Å². The molecule has 0 heterocycles. The summed E-state index contributed by atoms with van der Waals surface area (Å²) >= 11 is 0. The van der Waals surface area contributed by atoms with E-state index in [-0.39, 0.29) is 0 Å². The molecule has 1 nitrogen and oxygen atoms in total. The maximum Gasteiger partial charge on any atom is 0.0462 e. The summed E-state index contributed by atoms with van der Waals surface area (Å²) in [5.74, 6) is 0. The van der Waals surface area contributed by atoms with E-state index in [0.717, 1.165) is 17.1 Å². The number of benzene rings is 10. The van der Waals surface area contributed by atoms with Crippen molar-refractivity contribution in [3.63, 3.8) is 0 Å². The Labute approximate surface area is 359 Å². The smallest absolute Gasteiger partial charge is 0.0462 e. The van der Waals surface area contributed by atoms with Gasteiger partial charge in [-0.15, -0.1) is 0 Å². The van der Waals surface area contributed by atoms with Gasteiger partial charge in [-0.1, -0.05) is 218 Å². The minimum atomic E-state index is 1.08. The average molecular weight is 778 g/mol. The lowest BCUT2D eigenvalue weighted by Crippen LogP contribution is -2.09. The summed E-state index contributed by atoms with van der Waals surface area (Å²) in [7, 11) is 0. The quantitative estimate of drug-likeness (QED) is 0.134. The van der Waals surface area contributed by atoms with Crippen LogP contribution in [0.15, 0.2) is 261 Å². The molecule has 0 atom stereocenters. The van der Waals surface area contributed by atoms with E-state index in [1.54, 1.807) is 0 Å². The molecule has 0 unspecified atom stereocenters. The van der Waals surface area contributed by atoms with Gasteiger partial charge in [0.15, 0.2) is 0 Å². The molecule has 0 radical (unpaired) electrons. The van der Waals surface area contributed by atoms with E-state index < -0.39 is 0 Å². The minimum Gasteiger partial charge on any atom is -0.311 e. The average Bonchev–Trinajstić information content (AvgIpc) is 3.36. The molecule has 61 heavy (non-hydrogen) atoms. The molecule has 0 spiro atoms. The lowest BCUT2D eigenvalue weighted by atomic mass is 9.87. The van der Waals surface area contributed by atoms with Crippen molar-refractivity contribution in [3.8, 4) is 77.9 Å². The fourth-order valence-electron chi connectivity index (χ4n) is 8.49. The Morgan fingerprint density at radius 1 is 0.180 bits per heavy atom. The predicted octanol–water partition coefficient (Wildman–Crippen LogP) is 16.8. The minimum absolute atomic E-state index is 1.08. The monoisotopic (exact) mass is 777 g/mol. The van der Waals surface area contributed by atoms with Crippen molar-refractivity contribution >= 4 is 17.1 Å². The van der Waals surface area contributed by atoms with E-state index in [1.807, 2.05) is 0 Å². The van der Waals surface area contributed by atoms with Crippen LogP contribution < -0.4 is 4.90 Å². The zero-order valence-corrected chi connectivity index (χ0v) is 33.8. The highest BCUT2D eigenvalue weighted by Crippen LogP contribution is 2.43. The zero-order valence-electron chi connectivity index (χ0n) is 33.8. The highest BCUT2D eigenvalue weighted by Gasteiger charge is 2.18. The number of hydrogen-bond donors (Lipinski definition) is 0. The highest BCUT2D eigenvalue weighted by molar-refractivity contribution is 5.95. The second kappa shape index (κ2) is 17.1. The summed E-state index contributed by atoms with van der Waals surface area (Å²) in [6.07, 6.45) is 0. The molecule has 0 aliphatic heterocycles. The molecule has 0 bridgehead atoms. The summed E-state index contributed by atoms with van der Waals surface area (Å²) in [5, 5.41) is 0. The lowest BCUT2D eigenvalue weighted by Gasteiger charge is -2.26. The van der Waals surface area contributed by atoms with Crippen LogP contribution in [-0.4, -0.2) is 0 Å². The van der Waals surface area contributed by atoms with Gasteiger partial charge in [-0.05, 0) is 120 Å². The van der Waals surface area contributed by atoms with Crippen LogP contribution in [0, 0.1) is 0 Å². The van der Waals surface area contributed by atoms with Gasteiger partial charge in [0.25, 0.3) is 0 Å². The first kappa shape index (κ1) is 37.3. The first-order valence-electron chi connectivity index (χ1n) is 20.9. The third-order valence-electron chi connectivity index (χ3n) is 11.5. The maximum atomic E-state index is 2.36. The van der Waals surface area contributed by atoms with Crippen LogP contribution in [0.5, 0.6) is 0 Å². The number of hydrogen-bond acceptors (Lipinski definition) is 1. The third kappa shape index (κ3) is 7.81. The van der Waals surface area contributed by atoms with Crippen molar-refractivity contribution < 1.29 is 0 Å². The molecule has 10 rings (SSSR count). The van der Waals surface area contributed by atoms with E-state index in [1.165, 1.54) is 77.9 Å². The van der Waals surface area contributed by atoms with Gasteiger partial charge >= 0.3 is 0 Å². The molecular weight excluding hydrogens is 735 g/mol. The van der Waals surface area contributed by atoms with Crippen molar-refractivity contribution in [2.75, 3.05) is 4.90 Å². The summed E-state index contributed by atoms with van der Waals surface area (Å²) in [6, 6.07) is 93.9. The maximum absolute atomic E-state index is 2.36. The zero-order chi connectivity index (χ0) is 40.8. The number of nitrogens with zero attached hydrogens (tertiary/aromatic N) is 1. The van der Waals surface area contributed by atoms with Gasteiger partial charge in [-0.25, -0.2) is 0 Å². The predicted molar refractivity (Wildman–Crippen MR) is 259 cm³/mol. The molecule has 10 aromatic rings. The van der Waals surface area contributed by atoms with E-state index >= 15 is 0 Å². The van der Waals surface area contributed by atoms with Crippen LogP contribution in [-0.2, 0) is 0 Å². The van der Waals surface area contributed by atoms with E-state index in [0.29, 0.717) is 0 Å². The molecule has 0 N–H and O–H groups in total. The SMILES string of the molecule is c1ccc(-c2ccc(N(c3ccc(-c4cc(-c5ccccc5)ccc4-c4ccccc4)cc3)c3ccc(-c4cccc(-c5ccccc5)c4-c4ccccc4)cc3)cc2)cc1. The fraction of sp³-hybridized carbons (Fsp3) is 0. The van der Waals surface area contributed by atoms with Crippen molar-refractivity contribution in [3.05, 3.63) is 261 Å². The molecule has 0 saturated carbocycles. The molecule has 0 aromatic heterocycles. The van der Waals surface area contributed by atoms with Crippen molar-refractivity contribution in [1.29, 1.82) is 0 Å². The number of rotatable bonds is 10. The molecule has 0 saturated heterocycles. The summed E-state index contributed by atoms with van der Waals surface area (Å²) < 4.78 is 0. The molecular formula is C60H43N. The second-order valence-electron chi connectivity index (χ2n) is 15.3. The fourth-order valence-corrected chi connectivity index (χ4v) is 8.49. The Hall–Kier alpha value is -8.00. The highest BCUT2D eigenvalue weighted by atomic mass is 15.1. The van der Waals surface area contributed by atoms with Crippen LogP contribution in [0.25, 0.3) is 77.9 Å². The standard InChI is InChI=1S/C60H43N/c1-6-17-44(18-7-1)46-29-36-53(37-30-46)61(54-38-31-49(32-39-54)58-28-16-27-57(48-23-12-4-13-24-48)60(58)51-25-14-5-15-26-51)55-40-33-50(34-41-55)59-43-52(45-19-8-2-9-20-45)35-42-56(59)47-21-10-3-11-22-47/h1-43H. The van der Waals surface area contributed by atoms with Crippen molar-refractivity contribution in [1.82, 2.24) is 0 Å². The van der Waals surface area contributed by atoms with Gasteiger partial charge in [-0.2, -0.15) is 0 Å². The van der Waals surface area contributed by atoms with Gasteiger partial charge in [-0.3, -0.25) is 0 Å². The van der Waals surface area contributed by atoms with Crippen molar-refractivity contribution in [2.45, 2.75) is 0 Å². The lowest BCUT2D eigenvalue weighted by molar-refractivity contribution is 1.28. The third-order valence-corrected chi connectivity index (χ3v) is 11.5. The van der Waals surface area contributed by atoms with E-state index in [4.69, 9.17) is 0 Å². The molecule has 1 heteroatoms. The van der Waals surface area contributed by atoms with Crippen molar-refractivity contribution in [2.24, 2.45) is 0 Å². The van der Waals surface area contributed by atoms with Gasteiger partial charge in [0.2, 0.25) is 0 Å². The Morgan fingerprint density at radius 3 is 0.951 bits per heavy atom. The molecule has 0 fully saturated rings. The largest absolute Gasteiger partial charge is 0.311 e. The molecule has 288 valence electrons. The summed E-state index contributed by atoms with van der Waals surface area (Å²) in [6.45, 7) is 0. The van der Waals surface area contributed by atoms with Crippen LogP contribution in [0.3, 0.4) is 0 Å². The van der Waals surface area contributed by atoms with Crippen LogP contribution >= 0.6 is 0 Å². The van der Waals surface area contributed by atoms with Gasteiger partial charge in [0.05, 0.1) is 0 Å². The van der Waals surface area contributed by atoms with Gasteiger partial charge in [0.1, 0.15) is 0 Å². The van der Waals surface area contributed by atoms with Crippen LogP contribution in [0.1, 0.15) is 0 Å². The normalized spacial score (nSPS) is 11.0. The topological polar surface area (TPSA) is 3.24 Å². The second-order valence-corrected chi connectivity index (χ2v) is 15.3.